The molecular formula is C20H21Cl2N3O4. The number of halogens is 2. The van der Waals surface area contributed by atoms with Gasteiger partial charge >= 0.3 is 0 Å². The summed E-state index contributed by atoms with van der Waals surface area (Å²) in [7, 11) is 1.66. The summed E-state index contributed by atoms with van der Waals surface area (Å²) in [5.74, 6) is 0.595. The summed E-state index contributed by atoms with van der Waals surface area (Å²) >= 11 is 12.1. The van der Waals surface area contributed by atoms with Crippen LogP contribution in [0.4, 0.5) is 0 Å². The first kappa shape index (κ1) is 20.5. The second-order valence-corrected chi connectivity index (χ2v) is 8.17. The molecular weight excluding hydrogens is 417 g/mol. The zero-order valence-electron chi connectivity index (χ0n) is 15.8. The van der Waals surface area contributed by atoms with Gasteiger partial charge < -0.3 is 24.6 Å². The highest BCUT2D eigenvalue weighted by atomic mass is 35.5. The van der Waals surface area contributed by atoms with Gasteiger partial charge in [0.1, 0.15) is 23.9 Å². The van der Waals surface area contributed by atoms with Crippen molar-refractivity contribution in [3.05, 3.63) is 57.3 Å². The lowest BCUT2D eigenvalue weighted by atomic mass is 9.87. The zero-order chi connectivity index (χ0) is 20.9. The maximum Gasteiger partial charge on any atom is 0.163 e. The largest absolute Gasteiger partial charge is 0.387 e. The molecule has 0 unspecified atom stereocenters. The maximum absolute atomic E-state index is 11.2. The van der Waals surface area contributed by atoms with E-state index in [0.717, 1.165) is 11.3 Å². The van der Waals surface area contributed by atoms with E-state index in [1.807, 2.05) is 6.07 Å². The number of aliphatic imine (C=N–C) groups is 2. The van der Waals surface area contributed by atoms with E-state index in [2.05, 4.69) is 9.98 Å². The van der Waals surface area contributed by atoms with Crippen LogP contribution in [0.15, 0.2) is 40.4 Å². The van der Waals surface area contributed by atoms with Crippen molar-refractivity contribution in [2.24, 2.45) is 9.98 Å². The van der Waals surface area contributed by atoms with E-state index in [-0.39, 0.29) is 5.02 Å². The molecule has 1 aromatic heterocycles. The summed E-state index contributed by atoms with van der Waals surface area (Å²) in [5, 5.41) is 33.2. The average Bonchev–Trinajstić information content (AvgIpc) is 3.25. The van der Waals surface area contributed by atoms with Crippen molar-refractivity contribution in [3.8, 4) is 0 Å². The molecule has 7 nitrogen and oxygen atoms in total. The molecule has 29 heavy (non-hydrogen) atoms. The lowest BCUT2D eigenvalue weighted by molar-refractivity contribution is -0.136. The Morgan fingerprint density at radius 2 is 1.97 bits per heavy atom. The van der Waals surface area contributed by atoms with Crippen LogP contribution in [-0.2, 0) is 16.8 Å². The number of aromatic nitrogens is 1. The van der Waals surface area contributed by atoms with Crippen LogP contribution in [0, 0.1) is 0 Å². The maximum atomic E-state index is 11.2. The number of hydrogen-bond acceptors (Lipinski definition) is 5. The van der Waals surface area contributed by atoms with Crippen LogP contribution in [0.1, 0.15) is 30.0 Å². The van der Waals surface area contributed by atoms with Gasteiger partial charge in [-0.1, -0.05) is 29.3 Å². The Kier molecular flexibility index (Phi) is 5.31. The number of ether oxygens (including phenoxy) is 1. The normalized spacial score (nSPS) is 29.8. The first-order valence-corrected chi connectivity index (χ1v) is 9.90. The summed E-state index contributed by atoms with van der Waals surface area (Å²) < 4.78 is 7.76. The summed E-state index contributed by atoms with van der Waals surface area (Å²) in [6.07, 6.45) is -0.487. The molecule has 154 valence electrons. The Balaban J connectivity index is 1.67. The van der Waals surface area contributed by atoms with Crippen LogP contribution in [0.25, 0.3) is 0 Å². The van der Waals surface area contributed by atoms with Crippen molar-refractivity contribution in [2.75, 3.05) is 7.05 Å². The molecule has 5 atom stereocenters. The van der Waals surface area contributed by atoms with E-state index in [4.69, 9.17) is 27.9 Å². The second kappa shape index (κ2) is 7.50. The highest BCUT2D eigenvalue weighted by Crippen LogP contribution is 2.41. The Hall–Kier alpha value is -1.74. The number of aliphatic hydroxyl groups is 3. The van der Waals surface area contributed by atoms with Crippen molar-refractivity contribution < 1.29 is 20.1 Å². The molecule has 9 heteroatoms. The van der Waals surface area contributed by atoms with Crippen molar-refractivity contribution >= 4 is 35.3 Å². The number of hydrogen-bond donors (Lipinski definition) is 3. The monoisotopic (exact) mass is 437 g/mol. The van der Waals surface area contributed by atoms with Gasteiger partial charge in [-0.05, 0) is 30.7 Å². The molecule has 0 saturated carbocycles. The second-order valence-electron chi connectivity index (χ2n) is 7.35. The fourth-order valence-corrected chi connectivity index (χ4v) is 4.23. The highest BCUT2D eigenvalue weighted by molar-refractivity contribution is 6.42. The van der Waals surface area contributed by atoms with Crippen LogP contribution in [0.5, 0.6) is 0 Å². The quantitative estimate of drug-likeness (QED) is 0.685. The highest BCUT2D eigenvalue weighted by Gasteiger charge is 2.52. The van der Waals surface area contributed by atoms with Gasteiger partial charge in [-0.25, -0.2) is 4.99 Å². The number of rotatable bonds is 3. The van der Waals surface area contributed by atoms with Gasteiger partial charge in [0.05, 0.1) is 10.0 Å². The number of benzene rings is 1. The van der Waals surface area contributed by atoms with Crippen molar-refractivity contribution in [3.63, 3.8) is 0 Å². The Morgan fingerprint density at radius 3 is 2.66 bits per heavy atom. The zero-order valence-corrected chi connectivity index (χ0v) is 17.3. The van der Waals surface area contributed by atoms with E-state index < -0.39 is 30.1 Å². The van der Waals surface area contributed by atoms with Gasteiger partial charge in [0, 0.05) is 37.1 Å². The molecule has 0 amide bonds. The Labute approximate surface area is 177 Å². The molecule has 0 spiro atoms. The van der Waals surface area contributed by atoms with E-state index in [1.165, 1.54) is 13.0 Å². The molecule has 3 heterocycles. The number of fused-ring (bicyclic) bond motifs is 1. The third-order valence-corrected chi connectivity index (χ3v) is 6.28. The topological polar surface area (TPSA) is 99.6 Å². The van der Waals surface area contributed by atoms with E-state index >= 15 is 0 Å². The van der Waals surface area contributed by atoms with Gasteiger partial charge in [0.15, 0.2) is 12.1 Å². The van der Waals surface area contributed by atoms with Gasteiger partial charge in [0.25, 0.3) is 0 Å². The molecule has 1 fully saturated rings. The van der Waals surface area contributed by atoms with Crippen molar-refractivity contribution in [2.45, 2.75) is 43.5 Å². The SMILES string of the molecule is CN=C1N=CCc2c1ccn2[C@@H]1O[C@H]([C@](C)(O)c2ccc(Cl)c(Cl)c2)[C@@H](O)[C@H]1O. The van der Waals surface area contributed by atoms with Crippen LogP contribution in [-0.4, -0.2) is 57.3 Å². The van der Waals surface area contributed by atoms with Crippen LogP contribution in [0.2, 0.25) is 10.0 Å². The molecule has 0 radical (unpaired) electrons. The third-order valence-electron chi connectivity index (χ3n) is 5.55. The van der Waals surface area contributed by atoms with Crippen molar-refractivity contribution in [1.82, 2.24) is 4.57 Å². The minimum atomic E-state index is -1.62. The van der Waals surface area contributed by atoms with Crippen LogP contribution >= 0.6 is 23.2 Å². The van der Waals surface area contributed by atoms with Gasteiger partial charge in [0.2, 0.25) is 0 Å². The lowest BCUT2D eigenvalue weighted by Crippen LogP contribution is -2.45. The molecule has 0 bridgehead atoms. The minimum absolute atomic E-state index is 0.277. The summed E-state index contributed by atoms with van der Waals surface area (Å²) in [6, 6.07) is 6.55. The molecule has 4 rings (SSSR count). The molecule has 1 aromatic carbocycles. The first-order valence-electron chi connectivity index (χ1n) is 9.14. The Bertz CT molecular complexity index is 1000. The van der Waals surface area contributed by atoms with E-state index in [1.54, 1.807) is 36.2 Å². The van der Waals surface area contributed by atoms with Gasteiger partial charge in [-0.3, -0.25) is 4.99 Å². The van der Waals surface area contributed by atoms with Gasteiger partial charge in [-0.15, -0.1) is 0 Å². The Morgan fingerprint density at radius 1 is 1.21 bits per heavy atom. The molecule has 2 aliphatic heterocycles. The predicted octanol–water partition coefficient (Wildman–Crippen LogP) is 2.33. The van der Waals surface area contributed by atoms with Gasteiger partial charge in [-0.2, -0.15) is 0 Å². The lowest BCUT2D eigenvalue weighted by Gasteiger charge is -2.32. The summed E-state index contributed by atoms with van der Waals surface area (Å²) in [6.45, 7) is 1.51. The number of aliphatic hydroxyl groups excluding tert-OH is 2. The average molecular weight is 438 g/mol. The summed E-state index contributed by atoms with van der Waals surface area (Å²) in [4.78, 5) is 8.43. The van der Waals surface area contributed by atoms with E-state index in [0.29, 0.717) is 22.8 Å². The van der Waals surface area contributed by atoms with E-state index in [9.17, 15) is 15.3 Å². The summed E-state index contributed by atoms with van der Waals surface area (Å²) in [5.41, 5.74) is 0.520. The smallest absolute Gasteiger partial charge is 0.163 e. The number of amidine groups is 1. The standard InChI is InChI=1S/C20H21Cl2N3O4/c1-20(28,10-3-4-12(21)13(22)9-10)17-15(26)16(27)19(29-17)25-8-6-11-14(25)5-7-24-18(11)23-2/h3-4,6-9,15-17,19,26-28H,5H2,1-2H3/t15-,16+,17-,19+,20+/m0/s1. The first-order chi connectivity index (χ1) is 13.8. The van der Waals surface area contributed by atoms with Crippen LogP contribution < -0.4 is 0 Å². The number of nitrogens with zero attached hydrogens (tertiary/aromatic N) is 3. The third kappa shape index (κ3) is 3.32. The predicted molar refractivity (Wildman–Crippen MR) is 111 cm³/mol. The molecule has 0 aliphatic carbocycles. The minimum Gasteiger partial charge on any atom is -0.387 e. The fraction of sp³-hybridized carbons (Fsp3) is 0.400. The molecule has 2 aliphatic rings. The molecule has 2 aromatic rings. The molecule has 3 N–H and O–H groups in total. The molecule has 1 saturated heterocycles. The fourth-order valence-electron chi connectivity index (χ4n) is 3.93. The van der Waals surface area contributed by atoms with Crippen LogP contribution in [0.3, 0.4) is 0 Å². The van der Waals surface area contributed by atoms with Crippen molar-refractivity contribution in [1.29, 1.82) is 0 Å².